The van der Waals surface area contributed by atoms with E-state index in [1.54, 1.807) is 4.90 Å². The summed E-state index contributed by atoms with van der Waals surface area (Å²) in [5.41, 5.74) is 2.93. The van der Waals surface area contributed by atoms with Crippen LogP contribution < -0.4 is 11.3 Å². The smallest absolute Gasteiger partial charge is 0.270 e. The molecule has 102 valence electrons. The molecule has 1 heterocycles. The number of hydrazine groups is 1. The van der Waals surface area contributed by atoms with Gasteiger partial charge in [-0.1, -0.05) is 6.92 Å². The number of amides is 1. The monoisotopic (exact) mass is 264 g/mol. The van der Waals surface area contributed by atoms with E-state index in [0.717, 1.165) is 6.42 Å². The van der Waals surface area contributed by atoms with E-state index in [9.17, 15) is 14.9 Å². The number of likely N-dealkylation sites (tertiary alicyclic amines) is 1. The molecule has 1 atom stereocenters. The summed E-state index contributed by atoms with van der Waals surface area (Å²) in [4.78, 5) is 24.3. The van der Waals surface area contributed by atoms with Crippen LogP contribution in [-0.4, -0.2) is 28.8 Å². The first-order valence-corrected chi connectivity index (χ1v) is 6.07. The number of rotatable bonds is 3. The summed E-state index contributed by atoms with van der Waals surface area (Å²) < 4.78 is 0. The first kappa shape index (κ1) is 13.3. The Balaban J connectivity index is 2.33. The molecule has 0 bridgehead atoms. The topological polar surface area (TPSA) is 102 Å². The first-order valence-electron chi connectivity index (χ1n) is 6.07. The van der Waals surface area contributed by atoms with Gasteiger partial charge in [0.25, 0.3) is 11.6 Å². The van der Waals surface area contributed by atoms with E-state index in [4.69, 9.17) is 5.84 Å². The van der Waals surface area contributed by atoms with Crippen LogP contribution in [0.3, 0.4) is 0 Å². The van der Waals surface area contributed by atoms with Crippen molar-refractivity contribution in [1.82, 2.24) is 4.90 Å². The maximum absolute atomic E-state index is 12.4. The molecule has 1 amide bonds. The number of anilines is 1. The Morgan fingerprint density at radius 2 is 2.32 bits per heavy atom. The zero-order chi connectivity index (χ0) is 14.0. The zero-order valence-corrected chi connectivity index (χ0v) is 10.6. The van der Waals surface area contributed by atoms with E-state index in [0.29, 0.717) is 24.7 Å². The van der Waals surface area contributed by atoms with Gasteiger partial charge < -0.3 is 10.3 Å². The van der Waals surface area contributed by atoms with Crippen LogP contribution in [0, 0.1) is 16.0 Å². The molecule has 1 aromatic rings. The van der Waals surface area contributed by atoms with Gasteiger partial charge in [-0.3, -0.25) is 20.8 Å². The lowest BCUT2D eigenvalue weighted by atomic mass is 10.1. The van der Waals surface area contributed by atoms with Gasteiger partial charge >= 0.3 is 0 Å². The summed E-state index contributed by atoms with van der Waals surface area (Å²) in [6.45, 7) is 3.42. The van der Waals surface area contributed by atoms with Gasteiger partial charge in [0.15, 0.2) is 0 Å². The second-order valence-corrected chi connectivity index (χ2v) is 4.78. The lowest BCUT2D eigenvalue weighted by Gasteiger charge is -2.17. The van der Waals surface area contributed by atoms with Crippen LogP contribution in [0.4, 0.5) is 11.4 Å². The van der Waals surface area contributed by atoms with E-state index in [1.165, 1.54) is 18.2 Å². The second-order valence-electron chi connectivity index (χ2n) is 4.78. The van der Waals surface area contributed by atoms with Crippen LogP contribution in [0.2, 0.25) is 0 Å². The molecule has 0 spiro atoms. The number of carbonyl (C=O) groups excluding carboxylic acids is 1. The zero-order valence-electron chi connectivity index (χ0n) is 10.6. The molecule has 1 aromatic carbocycles. The first-order chi connectivity index (χ1) is 9.02. The second kappa shape index (κ2) is 5.23. The highest BCUT2D eigenvalue weighted by Gasteiger charge is 2.26. The lowest BCUT2D eigenvalue weighted by molar-refractivity contribution is -0.384. The molecular weight excluding hydrogens is 248 g/mol. The number of nitro groups is 1. The molecule has 3 N–H and O–H groups in total. The number of benzene rings is 1. The molecular formula is C12H16N4O3. The Hall–Kier alpha value is -2.15. The maximum atomic E-state index is 12.4. The van der Waals surface area contributed by atoms with Crippen LogP contribution in [0.15, 0.2) is 18.2 Å². The number of nitro benzene ring substituents is 1. The van der Waals surface area contributed by atoms with Gasteiger partial charge in [-0.25, -0.2) is 0 Å². The Labute approximate surface area is 110 Å². The standard InChI is InChI=1S/C12H16N4O3/c1-8-4-5-15(7-8)12(17)10-6-9(16(18)19)2-3-11(10)14-13/h2-3,6,8,14H,4-5,7,13H2,1H3. The Morgan fingerprint density at radius 1 is 1.58 bits per heavy atom. The van der Waals surface area contributed by atoms with Crippen LogP contribution in [-0.2, 0) is 0 Å². The molecule has 0 radical (unpaired) electrons. The normalized spacial score (nSPS) is 18.4. The van der Waals surface area contributed by atoms with Crippen LogP contribution in [0.1, 0.15) is 23.7 Å². The van der Waals surface area contributed by atoms with Gasteiger partial charge in [0.1, 0.15) is 0 Å². The van der Waals surface area contributed by atoms with Gasteiger partial charge in [0.05, 0.1) is 16.2 Å². The number of nitrogens with two attached hydrogens (primary N) is 1. The Morgan fingerprint density at radius 3 is 2.84 bits per heavy atom. The number of hydrogen-bond acceptors (Lipinski definition) is 5. The summed E-state index contributed by atoms with van der Waals surface area (Å²) in [5, 5.41) is 10.8. The van der Waals surface area contributed by atoms with Crippen molar-refractivity contribution < 1.29 is 9.72 Å². The molecule has 19 heavy (non-hydrogen) atoms. The number of nitrogen functional groups attached to an aromatic ring is 1. The lowest BCUT2D eigenvalue weighted by Crippen LogP contribution is -2.29. The molecule has 7 heteroatoms. The molecule has 0 aromatic heterocycles. The van der Waals surface area contributed by atoms with Gasteiger partial charge in [-0.2, -0.15) is 0 Å². The summed E-state index contributed by atoms with van der Waals surface area (Å²) in [5.74, 6) is 5.58. The van der Waals surface area contributed by atoms with Crippen molar-refractivity contribution in [2.75, 3.05) is 18.5 Å². The number of nitrogens with zero attached hydrogens (tertiary/aromatic N) is 2. The fourth-order valence-corrected chi connectivity index (χ4v) is 2.24. The van der Waals surface area contributed by atoms with Gasteiger partial charge in [0, 0.05) is 25.2 Å². The van der Waals surface area contributed by atoms with Crippen molar-refractivity contribution in [3.63, 3.8) is 0 Å². The van der Waals surface area contributed by atoms with Crippen molar-refractivity contribution in [3.05, 3.63) is 33.9 Å². The van der Waals surface area contributed by atoms with E-state index in [1.807, 2.05) is 0 Å². The Bertz CT molecular complexity index is 518. The average molecular weight is 264 g/mol. The fourth-order valence-electron chi connectivity index (χ4n) is 2.24. The highest BCUT2D eigenvalue weighted by molar-refractivity contribution is 6.00. The highest BCUT2D eigenvalue weighted by atomic mass is 16.6. The minimum absolute atomic E-state index is 0.116. The number of carbonyl (C=O) groups is 1. The van der Waals surface area contributed by atoms with Gasteiger partial charge in [-0.05, 0) is 18.4 Å². The van der Waals surface area contributed by atoms with Crippen molar-refractivity contribution in [2.24, 2.45) is 11.8 Å². The van der Waals surface area contributed by atoms with E-state index < -0.39 is 4.92 Å². The largest absolute Gasteiger partial charge is 0.338 e. The number of nitrogens with one attached hydrogen (secondary N) is 1. The third kappa shape index (κ3) is 2.65. The predicted octanol–water partition coefficient (Wildman–Crippen LogP) is 1.36. The van der Waals surface area contributed by atoms with Crippen LogP contribution in [0.5, 0.6) is 0 Å². The Kier molecular flexibility index (Phi) is 3.66. The van der Waals surface area contributed by atoms with Gasteiger partial charge in [0.2, 0.25) is 0 Å². The van der Waals surface area contributed by atoms with Gasteiger partial charge in [-0.15, -0.1) is 0 Å². The molecule has 0 aliphatic carbocycles. The minimum atomic E-state index is -0.524. The van der Waals surface area contributed by atoms with Crippen LogP contribution >= 0.6 is 0 Å². The van der Waals surface area contributed by atoms with E-state index >= 15 is 0 Å². The highest BCUT2D eigenvalue weighted by Crippen LogP contribution is 2.25. The van der Waals surface area contributed by atoms with E-state index in [-0.39, 0.29) is 17.2 Å². The summed E-state index contributed by atoms with van der Waals surface area (Å²) in [7, 11) is 0. The number of non-ortho nitro benzene ring substituents is 1. The minimum Gasteiger partial charge on any atom is -0.338 e. The summed E-state index contributed by atoms with van der Waals surface area (Å²) in [6.07, 6.45) is 0.950. The van der Waals surface area contributed by atoms with Crippen molar-refractivity contribution >= 4 is 17.3 Å². The number of hydrogen-bond donors (Lipinski definition) is 2. The molecule has 7 nitrogen and oxygen atoms in total. The quantitative estimate of drug-likeness (QED) is 0.487. The summed E-state index contributed by atoms with van der Waals surface area (Å²) in [6, 6.07) is 4.03. The summed E-state index contributed by atoms with van der Waals surface area (Å²) >= 11 is 0. The molecule has 1 aliphatic heterocycles. The SMILES string of the molecule is CC1CCN(C(=O)c2cc([N+](=O)[O-])ccc2NN)C1. The molecule has 2 rings (SSSR count). The van der Waals surface area contributed by atoms with E-state index in [2.05, 4.69) is 12.3 Å². The van der Waals surface area contributed by atoms with Crippen molar-refractivity contribution in [3.8, 4) is 0 Å². The third-order valence-corrected chi connectivity index (χ3v) is 3.31. The van der Waals surface area contributed by atoms with Crippen molar-refractivity contribution in [2.45, 2.75) is 13.3 Å². The average Bonchev–Trinajstić information content (AvgIpc) is 2.83. The maximum Gasteiger partial charge on any atom is 0.270 e. The fraction of sp³-hybridized carbons (Fsp3) is 0.417. The molecule has 1 saturated heterocycles. The predicted molar refractivity (Wildman–Crippen MR) is 70.6 cm³/mol. The van der Waals surface area contributed by atoms with Crippen molar-refractivity contribution in [1.29, 1.82) is 0 Å². The van der Waals surface area contributed by atoms with Crippen LogP contribution in [0.25, 0.3) is 0 Å². The molecule has 1 fully saturated rings. The molecule has 0 saturated carbocycles. The molecule has 1 unspecified atom stereocenters. The third-order valence-electron chi connectivity index (χ3n) is 3.31. The molecule has 1 aliphatic rings.